The van der Waals surface area contributed by atoms with Gasteiger partial charge in [0.05, 0.1) is 23.8 Å². The number of anilines is 1. The average molecular weight is 459 g/mol. The van der Waals surface area contributed by atoms with Crippen molar-refractivity contribution >= 4 is 21.6 Å². The summed E-state index contributed by atoms with van der Waals surface area (Å²) < 4.78 is 39.0. The molecule has 0 unspecified atom stereocenters. The Morgan fingerprint density at radius 2 is 1.84 bits per heavy atom. The van der Waals surface area contributed by atoms with E-state index in [1.165, 1.54) is 32.1 Å². The van der Waals surface area contributed by atoms with Gasteiger partial charge in [-0.15, -0.1) is 0 Å². The van der Waals surface area contributed by atoms with Gasteiger partial charge in [0.25, 0.3) is 0 Å². The van der Waals surface area contributed by atoms with Crippen molar-refractivity contribution in [3.8, 4) is 11.5 Å². The molecule has 2 aliphatic carbocycles. The van der Waals surface area contributed by atoms with Crippen LogP contribution >= 0.6 is 0 Å². The van der Waals surface area contributed by atoms with Crippen molar-refractivity contribution in [3.05, 3.63) is 48.0 Å². The van der Waals surface area contributed by atoms with Gasteiger partial charge in [0.15, 0.2) is 0 Å². The summed E-state index contributed by atoms with van der Waals surface area (Å²) in [5, 5.41) is 2.80. The monoisotopic (exact) mass is 458 g/mol. The highest BCUT2D eigenvalue weighted by Crippen LogP contribution is 2.29. The quantitative estimate of drug-likeness (QED) is 0.561. The summed E-state index contributed by atoms with van der Waals surface area (Å²) in [6, 6.07) is 12.4. The molecule has 7 nitrogen and oxygen atoms in total. The van der Waals surface area contributed by atoms with Crippen LogP contribution in [-0.4, -0.2) is 33.6 Å². The zero-order valence-corrected chi connectivity index (χ0v) is 19.1. The Hall–Kier alpha value is -2.58. The Morgan fingerprint density at radius 3 is 2.56 bits per heavy atom. The number of ether oxygens (including phenoxy) is 2. The molecule has 8 heteroatoms. The number of hydrogen-bond donors (Lipinski definition) is 2. The van der Waals surface area contributed by atoms with E-state index in [1.807, 2.05) is 24.3 Å². The van der Waals surface area contributed by atoms with Crippen molar-refractivity contribution in [1.82, 2.24) is 4.72 Å². The highest BCUT2D eigenvalue weighted by Gasteiger charge is 2.28. The van der Waals surface area contributed by atoms with E-state index in [9.17, 15) is 13.2 Å². The summed E-state index contributed by atoms with van der Waals surface area (Å²) in [7, 11) is -2.14. The van der Waals surface area contributed by atoms with Gasteiger partial charge in [-0.1, -0.05) is 12.1 Å². The van der Waals surface area contributed by atoms with Gasteiger partial charge in [0, 0.05) is 12.5 Å². The van der Waals surface area contributed by atoms with Crippen molar-refractivity contribution in [3.63, 3.8) is 0 Å². The molecule has 0 heterocycles. The molecule has 172 valence electrons. The lowest BCUT2D eigenvalue weighted by Gasteiger charge is -2.14. The first-order chi connectivity index (χ1) is 15.4. The van der Waals surface area contributed by atoms with Gasteiger partial charge in [0.1, 0.15) is 11.5 Å². The first-order valence-corrected chi connectivity index (χ1v) is 12.7. The minimum absolute atomic E-state index is 0.00792. The van der Waals surface area contributed by atoms with Gasteiger partial charge in [-0.2, -0.15) is 0 Å². The van der Waals surface area contributed by atoms with Gasteiger partial charge >= 0.3 is 0 Å². The maximum atomic E-state index is 12.6. The van der Waals surface area contributed by atoms with Gasteiger partial charge in [0.2, 0.25) is 15.9 Å². The van der Waals surface area contributed by atoms with E-state index in [0.717, 1.165) is 37.0 Å². The Bertz CT molecular complexity index is 1060. The van der Waals surface area contributed by atoms with Crippen molar-refractivity contribution in [2.45, 2.75) is 68.4 Å². The number of sulfonamides is 1. The van der Waals surface area contributed by atoms with Crippen molar-refractivity contribution in [1.29, 1.82) is 0 Å². The molecule has 2 aliphatic rings. The number of benzene rings is 2. The second-order valence-electron chi connectivity index (χ2n) is 8.48. The van der Waals surface area contributed by atoms with E-state index in [0.29, 0.717) is 24.0 Å². The van der Waals surface area contributed by atoms with Crippen LogP contribution in [0.5, 0.6) is 11.5 Å². The fourth-order valence-electron chi connectivity index (χ4n) is 3.88. The zero-order chi connectivity index (χ0) is 22.6. The smallest absolute Gasteiger partial charge is 0.240 e. The van der Waals surface area contributed by atoms with E-state index in [2.05, 4.69) is 10.0 Å². The molecule has 0 radical (unpaired) electrons. The fourth-order valence-corrected chi connectivity index (χ4v) is 5.21. The third-order valence-corrected chi connectivity index (χ3v) is 7.32. The third kappa shape index (κ3) is 6.01. The normalized spacial score (nSPS) is 16.7. The second-order valence-corrected chi connectivity index (χ2v) is 10.2. The van der Waals surface area contributed by atoms with Crippen LogP contribution in [0.15, 0.2) is 47.4 Å². The molecule has 1 amide bonds. The molecule has 4 rings (SSSR count). The number of hydrogen-bond acceptors (Lipinski definition) is 5. The number of amides is 1. The molecular weight excluding hydrogens is 428 g/mol. The molecule has 2 saturated carbocycles. The lowest BCUT2D eigenvalue weighted by molar-refractivity contribution is -0.116. The molecule has 0 atom stereocenters. The predicted octanol–water partition coefficient (Wildman–Crippen LogP) is 4.03. The maximum Gasteiger partial charge on any atom is 0.240 e. The van der Waals surface area contributed by atoms with Crippen molar-refractivity contribution in [2.24, 2.45) is 0 Å². The topological polar surface area (TPSA) is 93.7 Å². The van der Waals surface area contributed by atoms with Crippen LogP contribution in [0.3, 0.4) is 0 Å². The number of carbonyl (C=O) groups excluding carboxylic acids is 1. The molecule has 0 spiro atoms. The lowest BCUT2D eigenvalue weighted by Crippen LogP contribution is -2.26. The summed E-state index contributed by atoms with van der Waals surface area (Å²) in [4.78, 5) is 12.7. The predicted molar refractivity (Wildman–Crippen MR) is 123 cm³/mol. The summed E-state index contributed by atoms with van der Waals surface area (Å²) in [6.45, 7) is 0. The third-order valence-electron chi connectivity index (χ3n) is 5.80. The van der Waals surface area contributed by atoms with E-state index in [-0.39, 0.29) is 23.3 Å². The van der Waals surface area contributed by atoms with E-state index >= 15 is 0 Å². The number of methoxy groups -OCH3 is 1. The molecule has 2 aromatic rings. The zero-order valence-electron chi connectivity index (χ0n) is 18.3. The van der Waals surface area contributed by atoms with E-state index in [1.54, 1.807) is 6.07 Å². The first kappa shape index (κ1) is 22.6. The number of rotatable bonds is 10. The van der Waals surface area contributed by atoms with E-state index in [4.69, 9.17) is 9.47 Å². The van der Waals surface area contributed by atoms with Crippen LogP contribution in [0.4, 0.5) is 5.69 Å². The lowest BCUT2D eigenvalue weighted by atomic mass is 10.1. The van der Waals surface area contributed by atoms with Crippen LogP contribution < -0.4 is 19.5 Å². The van der Waals surface area contributed by atoms with Gasteiger partial charge < -0.3 is 14.8 Å². The molecule has 2 aromatic carbocycles. The SMILES string of the molecule is COc1ccc(S(=O)(=O)NC2CC2)cc1NC(=O)CCc1cccc(OC2CCCC2)c1. The van der Waals surface area contributed by atoms with Gasteiger partial charge in [-0.05, 0) is 80.8 Å². The maximum absolute atomic E-state index is 12.6. The molecule has 0 bridgehead atoms. The Balaban J connectivity index is 1.37. The first-order valence-electron chi connectivity index (χ1n) is 11.2. The molecule has 32 heavy (non-hydrogen) atoms. The number of carbonyl (C=O) groups is 1. The van der Waals surface area contributed by atoms with Crippen LogP contribution in [0, 0.1) is 0 Å². The number of nitrogens with one attached hydrogen (secondary N) is 2. The molecule has 2 fully saturated rings. The second kappa shape index (κ2) is 9.92. The minimum atomic E-state index is -3.62. The molecule has 0 aromatic heterocycles. The number of aryl methyl sites for hydroxylation is 1. The average Bonchev–Trinajstić information content (AvgIpc) is 3.43. The summed E-state index contributed by atoms with van der Waals surface area (Å²) >= 11 is 0. The highest BCUT2D eigenvalue weighted by molar-refractivity contribution is 7.89. The Kier molecular flexibility index (Phi) is 7.01. The molecular formula is C24H30N2O5S. The largest absolute Gasteiger partial charge is 0.495 e. The summed E-state index contributed by atoms with van der Waals surface area (Å²) in [5.41, 5.74) is 1.36. The summed E-state index contributed by atoms with van der Waals surface area (Å²) in [6.07, 6.45) is 7.43. The fraction of sp³-hybridized carbons (Fsp3) is 0.458. The molecule has 0 saturated heterocycles. The molecule has 0 aliphatic heterocycles. The Morgan fingerprint density at radius 1 is 1.06 bits per heavy atom. The standard InChI is InChI=1S/C24H30N2O5S/c1-30-23-13-12-21(32(28,29)26-18-10-11-18)16-22(23)25-24(27)14-9-17-5-4-8-20(15-17)31-19-6-2-3-7-19/h4-5,8,12-13,15-16,18-19,26H,2-3,6-7,9-11,14H2,1H3,(H,25,27). The minimum Gasteiger partial charge on any atom is -0.495 e. The van der Waals surface area contributed by atoms with Gasteiger partial charge in [-0.25, -0.2) is 13.1 Å². The van der Waals surface area contributed by atoms with Crippen LogP contribution in [-0.2, 0) is 21.2 Å². The summed E-state index contributed by atoms with van der Waals surface area (Å²) in [5.74, 6) is 1.04. The van der Waals surface area contributed by atoms with Crippen LogP contribution in [0.1, 0.15) is 50.5 Å². The highest BCUT2D eigenvalue weighted by atomic mass is 32.2. The van der Waals surface area contributed by atoms with Gasteiger partial charge in [-0.3, -0.25) is 4.79 Å². The van der Waals surface area contributed by atoms with Crippen LogP contribution in [0.2, 0.25) is 0 Å². The van der Waals surface area contributed by atoms with Crippen molar-refractivity contribution < 1.29 is 22.7 Å². The molecule has 2 N–H and O–H groups in total. The van der Waals surface area contributed by atoms with Crippen LogP contribution in [0.25, 0.3) is 0 Å². The van der Waals surface area contributed by atoms with Crippen molar-refractivity contribution in [2.75, 3.05) is 12.4 Å². The van der Waals surface area contributed by atoms with E-state index < -0.39 is 10.0 Å². The Labute approximate surface area is 189 Å².